The predicted octanol–water partition coefficient (Wildman–Crippen LogP) is 12.0. The Balaban J connectivity index is 1.30. The number of halogens is 4. The van der Waals surface area contributed by atoms with E-state index in [4.69, 9.17) is 9.05 Å². The molecule has 0 atom stereocenters. The lowest BCUT2D eigenvalue weighted by Gasteiger charge is -2.21. The van der Waals surface area contributed by atoms with Crippen LogP contribution in [0.4, 0.5) is 8.78 Å². The van der Waals surface area contributed by atoms with Gasteiger partial charge in [-0.25, -0.2) is 4.57 Å². The Hall–Kier alpha value is -2.29. The van der Waals surface area contributed by atoms with Crippen LogP contribution in [0.25, 0.3) is 12.2 Å². The van der Waals surface area contributed by atoms with Gasteiger partial charge in [-0.1, -0.05) is 97.1 Å². The lowest BCUT2D eigenvalue weighted by Crippen LogP contribution is -2.09. The van der Waals surface area contributed by atoms with Crippen molar-refractivity contribution in [2.24, 2.45) is 0 Å². The average molecular weight is 767 g/mol. The van der Waals surface area contributed by atoms with Crippen LogP contribution >= 0.6 is 63.0 Å². The van der Waals surface area contributed by atoms with Gasteiger partial charge in [0.25, 0.3) is 0 Å². The Bertz CT molecular complexity index is 1460. The summed E-state index contributed by atoms with van der Waals surface area (Å²) in [6, 6.07) is 30.2. The zero-order chi connectivity index (χ0) is 30.5. The van der Waals surface area contributed by atoms with Crippen LogP contribution in [-0.2, 0) is 16.1 Å². The van der Waals surface area contributed by atoms with Crippen molar-refractivity contribution in [2.75, 3.05) is 11.5 Å². The summed E-state index contributed by atoms with van der Waals surface area (Å²) in [6.07, 6.45) is 4.98. The maximum Gasteiger partial charge on any atom is 0.497 e. The minimum absolute atomic E-state index is 0.0223. The minimum Gasteiger partial charge on any atom is -0.411 e. The van der Waals surface area contributed by atoms with Gasteiger partial charge in [-0.2, -0.15) is 32.3 Å². The summed E-state index contributed by atoms with van der Waals surface area (Å²) in [5.41, 5.74) is 4.22. The van der Waals surface area contributed by atoms with E-state index >= 15 is 0 Å². The quantitative estimate of drug-likeness (QED) is 0.0889. The van der Waals surface area contributed by atoms with E-state index in [-0.39, 0.29) is 11.5 Å². The number of hydrogen-bond donors (Lipinski definition) is 0. The summed E-state index contributed by atoms with van der Waals surface area (Å²) in [6.45, 7) is 0. The van der Waals surface area contributed by atoms with Gasteiger partial charge < -0.3 is 9.05 Å². The molecule has 0 spiro atoms. The highest BCUT2D eigenvalue weighted by Gasteiger charge is 2.41. The van der Waals surface area contributed by atoms with Gasteiger partial charge in [0.15, 0.2) is 0 Å². The van der Waals surface area contributed by atoms with Gasteiger partial charge in [0.1, 0.15) is 11.5 Å². The van der Waals surface area contributed by atoms with Crippen LogP contribution in [0.5, 0.6) is 11.5 Å². The molecule has 0 amide bonds. The van der Waals surface area contributed by atoms with Gasteiger partial charge in [0.2, 0.25) is 0 Å². The largest absolute Gasteiger partial charge is 0.497 e. The van der Waals surface area contributed by atoms with Crippen LogP contribution in [0.3, 0.4) is 0 Å². The Kier molecular flexibility index (Phi) is 13.5. The molecule has 0 unspecified atom stereocenters. The second kappa shape index (κ2) is 17.3. The Labute approximate surface area is 277 Å². The van der Waals surface area contributed by atoms with Crippen LogP contribution in [0.2, 0.25) is 0 Å². The number of hydrogen-bond acceptors (Lipinski definition) is 5. The van der Waals surface area contributed by atoms with Crippen LogP contribution in [0.15, 0.2) is 118 Å². The third kappa shape index (κ3) is 11.0. The highest BCUT2D eigenvalue weighted by molar-refractivity contribution is 9.11. The molecule has 0 N–H and O–H groups in total. The molecule has 0 saturated carbocycles. The van der Waals surface area contributed by atoms with Gasteiger partial charge >= 0.3 is 13.8 Å². The van der Waals surface area contributed by atoms with E-state index in [2.05, 4.69) is 56.2 Å². The maximum absolute atomic E-state index is 14.0. The Morgan fingerprint density at radius 3 is 1.47 bits per heavy atom. The topological polar surface area (TPSA) is 35.5 Å². The van der Waals surface area contributed by atoms with Crippen molar-refractivity contribution in [3.63, 3.8) is 0 Å². The summed E-state index contributed by atoms with van der Waals surface area (Å²) in [5, 5.41) is 0. The molecule has 0 heterocycles. The second-order valence-electron chi connectivity index (χ2n) is 9.19. The molecule has 0 aliphatic heterocycles. The fraction of sp³-hybridized carbons (Fsp3) is 0.152. The van der Waals surface area contributed by atoms with Crippen molar-refractivity contribution in [2.45, 2.75) is 17.7 Å². The lowest BCUT2D eigenvalue weighted by molar-refractivity contribution is 0.191. The first kappa shape index (κ1) is 33.6. The summed E-state index contributed by atoms with van der Waals surface area (Å²) in [7, 11) is -4.86. The zero-order valence-electron chi connectivity index (χ0n) is 23.0. The highest BCUT2D eigenvalue weighted by atomic mass is 79.9. The molecule has 4 aromatic carbocycles. The fourth-order valence-corrected chi connectivity index (χ4v) is 7.63. The first-order valence-electron chi connectivity index (χ1n) is 13.2. The summed E-state index contributed by atoms with van der Waals surface area (Å²) in [5.74, 6) is 3.10. The molecule has 3 nitrogen and oxygen atoms in total. The molecule has 10 heteroatoms. The molecule has 0 aliphatic rings. The van der Waals surface area contributed by atoms with Gasteiger partial charge in [-0.05, 0) is 78.4 Å². The Morgan fingerprint density at radius 1 is 0.674 bits per heavy atom. The molecule has 0 radical (unpaired) electrons. The van der Waals surface area contributed by atoms with Gasteiger partial charge in [0.05, 0.1) is 8.95 Å². The first-order chi connectivity index (χ1) is 20.8. The van der Waals surface area contributed by atoms with Crippen molar-refractivity contribution in [1.29, 1.82) is 0 Å². The van der Waals surface area contributed by atoms with Gasteiger partial charge in [-0.15, -0.1) is 0 Å². The molecular formula is C33H29Br2F2O3PS2. The normalized spacial score (nSPS) is 13.0. The summed E-state index contributed by atoms with van der Waals surface area (Å²) in [4.78, 5) is 0. The standard InChI is InChI=1S/C33H29Br2F2O3PS2/c34-29-21-27(23-42-19-7-13-25-9-3-1-4-10-25)15-17-31(29)39-41(38,33(36)37)40-32-18-16-28(22-30(32)35)24-43-20-8-14-26-11-5-2-6-12-26/h1-18,21-22,33H,19-20,23-24H2. The molecule has 4 rings (SSSR count). The number of alkyl halides is 2. The lowest BCUT2D eigenvalue weighted by atomic mass is 10.2. The summed E-state index contributed by atoms with van der Waals surface area (Å²) < 4.78 is 52.8. The molecule has 224 valence electrons. The summed E-state index contributed by atoms with van der Waals surface area (Å²) >= 11 is 10.2. The molecule has 0 aliphatic carbocycles. The predicted molar refractivity (Wildman–Crippen MR) is 186 cm³/mol. The second-order valence-corrected chi connectivity index (χ2v) is 14.8. The average Bonchev–Trinajstić information content (AvgIpc) is 3.00. The van der Waals surface area contributed by atoms with E-state index in [0.29, 0.717) is 20.5 Å². The third-order valence-electron chi connectivity index (χ3n) is 5.87. The van der Waals surface area contributed by atoms with Crippen LogP contribution < -0.4 is 9.05 Å². The van der Waals surface area contributed by atoms with Crippen molar-refractivity contribution < 1.29 is 22.4 Å². The molecular weight excluding hydrogens is 737 g/mol. The number of benzene rings is 4. The van der Waals surface area contributed by atoms with Crippen LogP contribution in [0, 0.1) is 0 Å². The SMILES string of the molecule is O=P(Oc1ccc(CSCC=Cc2ccccc2)cc1Br)(Oc1ccc(CSCC=Cc2ccccc2)cc1Br)C(F)F. The monoisotopic (exact) mass is 764 g/mol. The van der Waals surface area contributed by atoms with E-state index < -0.39 is 13.8 Å². The van der Waals surface area contributed by atoms with Gasteiger partial charge in [-0.3, -0.25) is 0 Å². The van der Waals surface area contributed by atoms with Crippen molar-refractivity contribution in [3.8, 4) is 11.5 Å². The van der Waals surface area contributed by atoms with Crippen LogP contribution in [-0.4, -0.2) is 17.7 Å². The highest BCUT2D eigenvalue weighted by Crippen LogP contribution is 2.56. The third-order valence-corrected chi connectivity index (χ3v) is 10.4. The van der Waals surface area contributed by atoms with E-state index in [0.717, 1.165) is 33.8 Å². The molecule has 43 heavy (non-hydrogen) atoms. The molecule has 4 aromatic rings. The van der Waals surface area contributed by atoms with E-state index in [1.54, 1.807) is 47.8 Å². The van der Waals surface area contributed by atoms with Crippen molar-refractivity contribution in [3.05, 3.63) is 140 Å². The zero-order valence-corrected chi connectivity index (χ0v) is 28.7. The smallest absolute Gasteiger partial charge is 0.411 e. The Morgan fingerprint density at radius 2 is 1.09 bits per heavy atom. The minimum atomic E-state index is -4.86. The van der Waals surface area contributed by atoms with Crippen molar-refractivity contribution >= 4 is 75.1 Å². The maximum atomic E-state index is 14.0. The molecule has 0 bridgehead atoms. The van der Waals surface area contributed by atoms with E-state index in [1.165, 1.54) is 12.1 Å². The van der Waals surface area contributed by atoms with Crippen LogP contribution in [0.1, 0.15) is 22.3 Å². The molecule has 0 aromatic heterocycles. The molecule has 0 fully saturated rings. The number of thioether (sulfide) groups is 2. The van der Waals surface area contributed by atoms with Crippen molar-refractivity contribution in [1.82, 2.24) is 0 Å². The fourth-order valence-electron chi connectivity index (χ4n) is 3.78. The van der Waals surface area contributed by atoms with E-state index in [9.17, 15) is 13.3 Å². The first-order valence-corrected chi connectivity index (χ1v) is 18.8. The molecule has 0 saturated heterocycles. The van der Waals surface area contributed by atoms with Gasteiger partial charge in [0, 0.05) is 23.0 Å². The number of rotatable bonds is 15. The van der Waals surface area contributed by atoms with E-state index in [1.807, 2.05) is 60.7 Å².